The second-order valence-electron chi connectivity index (χ2n) is 6.81. The quantitative estimate of drug-likeness (QED) is 0.783. The van der Waals surface area contributed by atoms with Crippen molar-refractivity contribution in [1.82, 2.24) is 10.0 Å². The Bertz CT molecular complexity index is 506. The van der Waals surface area contributed by atoms with Gasteiger partial charge in [0.2, 0.25) is 5.91 Å². The molecule has 1 atom stereocenters. The lowest BCUT2D eigenvalue weighted by atomic mass is 9.86. The van der Waals surface area contributed by atoms with Crippen LogP contribution < -0.4 is 0 Å². The summed E-state index contributed by atoms with van der Waals surface area (Å²) in [4.78, 5) is 12.9. The first kappa shape index (κ1) is 13.6. The lowest BCUT2D eigenvalue weighted by Gasteiger charge is -2.34. The molecule has 0 N–H and O–H groups in total. The molecule has 0 aromatic heterocycles. The van der Waals surface area contributed by atoms with Crippen molar-refractivity contribution in [2.24, 2.45) is 5.41 Å². The van der Waals surface area contributed by atoms with E-state index in [0.717, 1.165) is 32.4 Å². The van der Waals surface area contributed by atoms with Crippen LogP contribution in [-0.2, 0) is 4.79 Å². The van der Waals surface area contributed by atoms with Gasteiger partial charge in [-0.05, 0) is 31.7 Å². The molecule has 0 spiro atoms. The van der Waals surface area contributed by atoms with Gasteiger partial charge >= 0.3 is 0 Å². The Morgan fingerprint density at radius 1 is 1.15 bits per heavy atom. The maximum absolute atomic E-state index is 12.9. The smallest absolute Gasteiger partial charge is 0.243 e. The highest BCUT2D eigenvalue weighted by molar-refractivity contribution is 5.82. The highest BCUT2D eigenvalue weighted by Gasteiger charge is 2.44. The van der Waals surface area contributed by atoms with Gasteiger partial charge in [-0.1, -0.05) is 43.7 Å². The molecule has 2 fully saturated rings. The van der Waals surface area contributed by atoms with E-state index in [-0.39, 0.29) is 17.4 Å². The summed E-state index contributed by atoms with van der Waals surface area (Å²) in [5.41, 5.74) is 2.30. The number of rotatable bonds is 1. The molecule has 2 saturated heterocycles. The van der Waals surface area contributed by atoms with Gasteiger partial charge in [0.15, 0.2) is 0 Å². The van der Waals surface area contributed by atoms with Crippen LogP contribution in [0.15, 0.2) is 24.3 Å². The van der Waals surface area contributed by atoms with E-state index in [4.69, 9.17) is 0 Å². The molecule has 0 saturated carbocycles. The first-order chi connectivity index (χ1) is 9.49. The van der Waals surface area contributed by atoms with Crippen LogP contribution in [0.3, 0.4) is 0 Å². The lowest BCUT2D eigenvalue weighted by molar-refractivity contribution is -0.154. The Balaban J connectivity index is 1.93. The largest absolute Gasteiger partial charge is 0.273 e. The fourth-order valence-corrected chi connectivity index (χ4v) is 3.40. The Kier molecular flexibility index (Phi) is 3.33. The number of carbonyl (C=O) groups is 1. The van der Waals surface area contributed by atoms with Crippen LogP contribution in [0.25, 0.3) is 0 Å². The predicted molar refractivity (Wildman–Crippen MR) is 80.0 cm³/mol. The fraction of sp³-hybridized carbons (Fsp3) is 0.588. The lowest BCUT2D eigenvalue weighted by Crippen LogP contribution is -2.45. The zero-order chi connectivity index (χ0) is 14.3. The summed E-state index contributed by atoms with van der Waals surface area (Å²) in [5.74, 6) is 0.290. The van der Waals surface area contributed by atoms with E-state index in [1.54, 1.807) is 0 Å². The van der Waals surface area contributed by atoms with Crippen LogP contribution in [0.4, 0.5) is 0 Å². The second-order valence-corrected chi connectivity index (χ2v) is 6.81. The minimum Gasteiger partial charge on any atom is -0.273 e. The van der Waals surface area contributed by atoms with Crippen molar-refractivity contribution in [3.63, 3.8) is 0 Å². The summed E-state index contributed by atoms with van der Waals surface area (Å²) < 4.78 is 0. The minimum atomic E-state index is -0.234. The molecule has 3 nitrogen and oxygen atoms in total. The SMILES string of the molecule is Cc1ccc(C2CCN3CCCC(C)(C)C(=O)N23)cc1. The summed E-state index contributed by atoms with van der Waals surface area (Å²) in [6.45, 7) is 8.29. The van der Waals surface area contributed by atoms with Gasteiger partial charge in [0, 0.05) is 18.5 Å². The van der Waals surface area contributed by atoms with Crippen molar-refractivity contribution >= 4 is 5.91 Å². The van der Waals surface area contributed by atoms with Crippen LogP contribution in [-0.4, -0.2) is 29.0 Å². The van der Waals surface area contributed by atoms with Crippen molar-refractivity contribution in [3.8, 4) is 0 Å². The average Bonchev–Trinajstić information content (AvgIpc) is 2.77. The predicted octanol–water partition coefficient (Wildman–Crippen LogP) is 3.31. The number of amides is 1. The number of fused-ring (bicyclic) bond motifs is 1. The molecular formula is C17H24N2O. The molecule has 1 amide bonds. The van der Waals surface area contributed by atoms with Gasteiger partial charge in [-0.15, -0.1) is 0 Å². The molecule has 20 heavy (non-hydrogen) atoms. The molecule has 1 aromatic rings. The van der Waals surface area contributed by atoms with E-state index in [1.807, 2.05) is 0 Å². The molecule has 3 heteroatoms. The van der Waals surface area contributed by atoms with Crippen molar-refractivity contribution in [2.45, 2.75) is 46.1 Å². The van der Waals surface area contributed by atoms with Gasteiger partial charge in [0.1, 0.15) is 0 Å². The zero-order valence-electron chi connectivity index (χ0n) is 12.7. The Labute approximate surface area is 121 Å². The fourth-order valence-electron chi connectivity index (χ4n) is 3.40. The maximum atomic E-state index is 12.9. The van der Waals surface area contributed by atoms with Crippen LogP contribution in [0, 0.1) is 12.3 Å². The van der Waals surface area contributed by atoms with Crippen LogP contribution >= 0.6 is 0 Å². The van der Waals surface area contributed by atoms with Gasteiger partial charge in [0.05, 0.1) is 6.04 Å². The zero-order valence-corrected chi connectivity index (χ0v) is 12.7. The van der Waals surface area contributed by atoms with Gasteiger partial charge in [-0.3, -0.25) is 9.80 Å². The molecule has 2 heterocycles. The van der Waals surface area contributed by atoms with E-state index in [0.29, 0.717) is 0 Å². The minimum absolute atomic E-state index is 0.223. The number of hydrazine groups is 1. The molecule has 2 aliphatic rings. The second kappa shape index (κ2) is 4.88. The molecule has 108 valence electrons. The van der Waals surface area contributed by atoms with E-state index in [2.05, 4.69) is 55.1 Å². The van der Waals surface area contributed by atoms with Gasteiger partial charge < -0.3 is 0 Å². The van der Waals surface area contributed by atoms with Crippen LogP contribution in [0.5, 0.6) is 0 Å². The van der Waals surface area contributed by atoms with E-state index in [1.165, 1.54) is 11.1 Å². The standard InChI is InChI=1S/C17H24N2O/c1-13-5-7-14(8-6-13)15-9-12-18-11-4-10-17(2,3)16(20)19(15)18/h5-8,15H,4,9-12H2,1-3H3. The van der Waals surface area contributed by atoms with E-state index in [9.17, 15) is 4.79 Å². The Morgan fingerprint density at radius 2 is 1.85 bits per heavy atom. The topological polar surface area (TPSA) is 23.6 Å². The van der Waals surface area contributed by atoms with Gasteiger partial charge in [-0.2, -0.15) is 0 Å². The van der Waals surface area contributed by atoms with Crippen LogP contribution in [0.1, 0.15) is 50.3 Å². The number of nitrogens with zero attached hydrogens (tertiary/aromatic N) is 2. The summed E-state index contributed by atoms with van der Waals surface area (Å²) >= 11 is 0. The van der Waals surface area contributed by atoms with E-state index < -0.39 is 0 Å². The van der Waals surface area contributed by atoms with Crippen molar-refractivity contribution < 1.29 is 4.79 Å². The summed E-state index contributed by atoms with van der Waals surface area (Å²) in [7, 11) is 0. The molecule has 0 bridgehead atoms. The maximum Gasteiger partial charge on any atom is 0.243 e. The number of aryl methyl sites for hydroxylation is 1. The van der Waals surface area contributed by atoms with Crippen molar-refractivity contribution in [2.75, 3.05) is 13.1 Å². The number of hydrogen-bond donors (Lipinski definition) is 0. The summed E-state index contributed by atoms with van der Waals surface area (Å²) in [6.07, 6.45) is 3.14. The summed E-state index contributed by atoms with van der Waals surface area (Å²) in [5, 5.41) is 4.32. The van der Waals surface area contributed by atoms with Gasteiger partial charge in [0.25, 0.3) is 0 Å². The molecule has 0 radical (unpaired) electrons. The highest BCUT2D eigenvalue weighted by Crippen LogP contribution is 2.39. The summed E-state index contributed by atoms with van der Waals surface area (Å²) in [6, 6.07) is 8.86. The Morgan fingerprint density at radius 3 is 2.55 bits per heavy atom. The number of hydrogen-bond acceptors (Lipinski definition) is 2. The third kappa shape index (κ3) is 2.24. The average molecular weight is 272 g/mol. The normalized spacial score (nSPS) is 26.4. The molecule has 2 aliphatic heterocycles. The van der Waals surface area contributed by atoms with Gasteiger partial charge in [-0.25, -0.2) is 5.01 Å². The molecule has 3 rings (SSSR count). The van der Waals surface area contributed by atoms with Crippen molar-refractivity contribution in [3.05, 3.63) is 35.4 Å². The molecular weight excluding hydrogens is 248 g/mol. The first-order valence-electron chi connectivity index (χ1n) is 7.64. The van der Waals surface area contributed by atoms with Crippen molar-refractivity contribution in [1.29, 1.82) is 0 Å². The third-order valence-electron chi connectivity index (χ3n) is 4.73. The molecule has 1 unspecified atom stereocenters. The monoisotopic (exact) mass is 272 g/mol. The number of benzene rings is 1. The Hall–Kier alpha value is -1.35. The molecule has 1 aromatic carbocycles. The third-order valence-corrected chi connectivity index (χ3v) is 4.73. The first-order valence-corrected chi connectivity index (χ1v) is 7.64. The van der Waals surface area contributed by atoms with E-state index >= 15 is 0 Å². The molecule has 0 aliphatic carbocycles. The number of carbonyl (C=O) groups excluding carboxylic acids is 1. The highest BCUT2D eigenvalue weighted by atomic mass is 16.2. The van der Waals surface area contributed by atoms with Crippen LogP contribution in [0.2, 0.25) is 0 Å².